The fraction of sp³-hybridized carbons (Fsp3) is 0.273. The van der Waals surface area contributed by atoms with Crippen LogP contribution in [0.3, 0.4) is 0 Å². The SMILES string of the molecule is NC(=O)CC(O)C(O)c1ccc(F)c(C(=O)O)c1. The highest BCUT2D eigenvalue weighted by Crippen LogP contribution is 2.21. The van der Waals surface area contributed by atoms with Gasteiger partial charge in [0.05, 0.1) is 18.1 Å². The van der Waals surface area contributed by atoms with Crippen molar-refractivity contribution in [3.63, 3.8) is 0 Å². The van der Waals surface area contributed by atoms with Crippen LogP contribution in [0.25, 0.3) is 0 Å². The molecule has 5 N–H and O–H groups in total. The number of nitrogens with two attached hydrogens (primary N) is 1. The second-order valence-electron chi connectivity index (χ2n) is 3.73. The second kappa shape index (κ2) is 5.56. The van der Waals surface area contributed by atoms with Gasteiger partial charge in [-0.1, -0.05) is 6.07 Å². The molecule has 1 aromatic carbocycles. The van der Waals surface area contributed by atoms with Gasteiger partial charge in [-0.15, -0.1) is 0 Å². The smallest absolute Gasteiger partial charge is 0.338 e. The van der Waals surface area contributed by atoms with E-state index < -0.39 is 41.9 Å². The predicted octanol–water partition coefficient (Wildman–Crippen LogP) is -0.206. The average Bonchev–Trinajstić information content (AvgIpc) is 2.27. The van der Waals surface area contributed by atoms with Crippen molar-refractivity contribution in [3.8, 4) is 0 Å². The molecule has 0 aromatic heterocycles. The Morgan fingerprint density at radius 1 is 1.33 bits per heavy atom. The van der Waals surface area contributed by atoms with Crippen LogP contribution in [0.4, 0.5) is 4.39 Å². The number of halogens is 1. The van der Waals surface area contributed by atoms with Gasteiger partial charge in [0.15, 0.2) is 0 Å². The molecule has 0 aliphatic rings. The van der Waals surface area contributed by atoms with E-state index in [1.165, 1.54) is 0 Å². The fourth-order valence-corrected chi connectivity index (χ4v) is 1.43. The van der Waals surface area contributed by atoms with Gasteiger partial charge in [0.2, 0.25) is 5.91 Å². The maximum absolute atomic E-state index is 13.1. The number of amides is 1. The van der Waals surface area contributed by atoms with Crippen LogP contribution in [0.1, 0.15) is 28.4 Å². The van der Waals surface area contributed by atoms with Gasteiger partial charge in [-0.05, 0) is 17.7 Å². The van der Waals surface area contributed by atoms with E-state index in [2.05, 4.69) is 0 Å². The minimum Gasteiger partial charge on any atom is -0.478 e. The molecule has 0 heterocycles. The van der Waals surface area contributed by atoms with Gasteiger partial charge in [-0.3, -0.25) is 4.79 Å². The number of aromatic carboxylic acids is 1. The van der Waals surface area contributed by atoms with Crippen molar-refractivity contribution in [2.75, 3.05) is 0 Å². The van der Waals surface area contributed by atoms with E-state index >= 15 is 0 Å². The summed E-state index contributed by atoms with van der Waals surface area (Å²) >= 11 is 0. The van der Waals surface area contributed by atoms with E-state index in [4.69, 9.17) is 10.8 Å². The van der Waals surface area contributed by atoms with Crippen LogP contribution >= 0.6 is 0 Å². The van der Waals surface area contributed by atoms with Crippen molar-refractivity contribution in [2.24, 2.45) is 5.73 Å². The van der Waals surface area contributed by atoms with Gasteiger partial charge < -0.3 is 21.1 Å². The van der Waals surface area contributed by atoms with E-state index in [0.717, 1.165) is 18.2 Å². The number of carbonyl (C=O) groups excluding carboxylic acids is 1. The molecule has 7 heteroatoms. The average molecular weight is 257 g/mol. The lowest BCUT2D eigenvalue weighted by Crippen LogP contribution is -2.25. The second-order valence-corrected chi connectivity index (χ2v) is 3.73. The van der Waals surface area contributed by atoms with Gasteiger partial charge in [-0.2, -0.15) is 0 Å². The van der Waals surface area contributed by atoms with Gasteiger partial charge in [0.1, 0.15) is 11.9 Å². The van der Waals surface area contributed by atoms with Crippen LogP contribution in [0.5, 0.6) is 0 Å². The fourth-order valence-electron chi connectivity index (χ4n) is 1.43. The molecule has 1 amide bonds. The molecule has 0 fully saturated rings. The minimum atomic E-state index is -1.52. The first-order chi connectivity index (χ1) is 8.32. The lowest BCUT2D eigenvalue weighted by molar-refractivity contribution is -0.121. The Balaban J connectivity index is 2.99. The molecule has 0 aliphatic heterocycles. The molecule has 0 spiro atoms. The van der Waals surface area contributed by atoms with Crippen molar-refractivity contribution < 1.29 is 29.3 Å². The zero-order valence-electron chi connectivity index (χ0n) is 9.21. The largest absolute Gasteiger partial charge is 0.478 e. The van der Waals surface area contributed by atoms with Gasteiger partial charge in [-0.25, -0.2) is 9.18 Å². The number of carboxylic acids is 1. The van der Waals surface area contributed by atoms with E-state index in [-0.39, 0.29) is 5.56 Å². The molecule has 1 aromatic rings. The lowest BCUT2D eigenvalue weighted by Gasteiger charge is -2.17. The van der Waals surface area contributed by atoms with Gasteiger partial charge in [0.25, 0.3) is 0 Å². The number of hydrogen-bond donors (Lipinski definition) is 4. The Kier molecular flexibility index (Phi) is 4.35. The zero-order valence-corrected chi connectivity index (χ0v) is 9.21. The topological polar surface area (TPSA) is 121 Å². The van der Waals surface area contributed by atoms with Crippen molar-refractivity contribution in [1.82, 2.24) is 0 Å². The summed E-state index contributed by atoms with van der Waals surface area (Å²) < 4.78 is 13.1. The highest BCUT2D eigenvalue weighted by molar-refractivity contribution is 5.88. The Morgan fingerprint density at radius 2 is 1.94 bits per heavy atom. The zero-order chi connectivity index (χ0) is 13.9. The normalized spacial score (nSPS) is 13.9. The van der Waals surface area contributed by atoms with Gasteiger partial charge >= 0.3 is 5.97 Å². The quantitative estimate of drug-likeness (QED) is 0.581. The molecule has 0 bridgehead atoms. The molecule has 1 rings (SSSR count). The maximum Gasteiger partial charge on any atom is 0.338 e. The Labute approximate surface area is 101 Å². The number of benzene rings is 1. The minimum absolute atomic E-state index is 0.0115. The first-order valence-electron chi connectivity index (χ1n) is 5.00. The third-order valence-electron chi connectivity index (χ3n) is 2.34. The van der Waals surface area contributed by atoms with Crippen LogP contribution in [0.15, 0.2) is 18.2 Å². The van der Waals surface area contributed by atoms with Crippen molar-refractivity contribution >= 4 is 11.9 Å². The summed E-state index contributed by atoms with van der Waals surface area (Å²) in [6, 6.07) is 2.88. The van der Waals surface area contributed by atoms with E-state index in [0.29, 0.717) is 0 Å². The summed E-state index contributed by atoms with van der Waals surface area (Å²) in [4.78, 5) is 21.3. The number of rotatable bonds is 5. The number of primary amides is 1. The molecule has 0 saturated carbocycles. The lowest BCUT2D eigenvalue weighted by atomic mass is 9.99. The highest BCUT2D eigenvalue weighted by atomic mass is 19.1. The molecular formula is C11H12FNO5. The highest BCUT2D eigenvalue weighted by Gasteiger charge is 2.22. The number of carbonyl (C=O) groups is 2. The van der Waals surface area contributed by atoms with E-state index in [1.54, 1.807) is 0 Å². The summed E-state index contributed by atoms with van der Waals surface area (Å²) in [5.41, 5.74) is 4.21. The monoisotopic (exact) mass is 257 g/mol. The molecule has 6 nitrogen and oxygen atoms in total. The van der Waals surface area contributed by atoms with Crippen LogP contribution in [-0.4, -0.2) is 33.3 Å². The third-order valence-corrected chi connectivity index (χ3v) is 2.34. The number of aliphatic hydroxyl groups is 2. The van der Waals surface area contributed by atoms with Crippen molar-refractivity contribution in [1.29, 1.82) is 0 Å². The van der Waals surface area contributed by atoms with E-state index in [9.17, 15) is 24.2 Å². The summed E-state index contributed by atoms with van der Waals surface area (Å²) in [5, 5.41) is 27.8. The summed E-state index contributed by atoms with van der Waals surface area (Å²) in [6.07, 6.45) is -3.48. The van der Waals surface area contributed by atoms with Crippen LogP contribution in [0.2, 0.25) is 0 Å². The molecule has 0 radical (unpaired) electrons. The summed E-state index contributed by atoms with van der Waals surface area (Å²) in [7, 11) is 0. The first-order valence-corrected chi connectivity index (χ1v) is 5.00. The number of hydrogen-bond acceptors (Lipinski definition) is 4. The first kappa shape index (κ1) is 14.1. The van der Waals surface area contributed by atoms with Crippen LogP contribution in [0, 0.1) is 5.82 Å². The number of carboxylic acid groups (broad SMARTS) is 1. The maximum atomic E-state index is 13.1. The Hall–Kier alpha value is -1.99. The molecule has 2 unspecified atom stereocenters. The molecule has 2 atom stereocenters. The summed E-state index contributed by atoms with van der Waals surface area (Å²) in [5.74, 6) is -3.27. The van der Waals surface area contributed by atoms with Crippen molar-refractivity contribution in [2.45, 2.75) is 18.6 Å². The molecule has 0 saturated heterocycles. The Morgan fingerprint density at radius 3 is 2.44 bits per heavy atom. The van der Waals surface area contributed by atoms with Crippen LogP contribution in [-0.2, 0) is 4.79 Å². The summed E-state index contributed by atoms with van der Waals surface area (Å²) in [6.45, 7) is 0. The van der Waals surface area contributed by atoms with Crippen LogP contribution < -0.4 is 5.73 Å². The molecular weight excluding hydrogens is 245 g/mol. The molecule has 18 heavy (non-hydrogen) atoms. The van der Waals surface area contributed by atoms with E-state index in [1.807, 2.05) is 0 Å². The standard InChI is InChI=1S/C11H12FNO5/c12-7-2-1-5(3-6(7)11(17)18)10(16)8(14)4-9(13)15/h1-3,8,10,14,16H,4H2,(H2,13,15)(H,17,18). The third kappa shape index (κ3) is 3.25. The molecule has 0 aliphatic carbocycles. The van der Waals surface area contributed by atoms with Crippen molar-refractivity contribution in [3.05, 3.63) is 35.1 Å². The number of aliphatic hydroxyl groups excluding tert-OH is 2. The van der Waals surface area contributed by atoms with Gasteiger partial charge in [0, 0.05) is 0 Å². The predicted molar refractivity (Wildman–Crippen MR) is 58.1 cm³/mol. The Bertz CT molecular complexity index is 477. The molecule has 98 valence electrons.